The third-order valence-corrected chi connectivity index (χ3v) is 7.21. The monoisotopic (exact) mass is 473 g/mol. The van der Waals surface area contributed by atoms with E-state index in [0.717, 1.165) is 49.5 Å². The maximum Gasteiger partial charge on any atom is 0.232 e. The Bertz CT molecular complexity index is 1030. The summed E-state index contributed by atoms with van der Waals surface area (Å²) < 4.78 is 31.5. The number of amides is 1. The first kappa shape index (κ1) is 25.2. The van der Waals surface area contributed by atoms with E-state index in [1.807, 2.05) is 44.2 Å². The highest BCUT2D eigenvalue weighted by Gasteiger charge is 2.20. The molecule has 1 N–H and O–H groups in total. The molecule has 2 aromatic rings. The molecular formula is C25H35N3O4S. The summed E-state index contributed by atoms with van der Waals surface area (Å²) >= 11 is 0. The largest absolute Gasteiger partial charge is 0.379 e. The van der Waals surface area contributed by atoms with Crippen LogP contribution in [0, 0.1) is 13.8 Å². The number of hydrogen-bond donors (Lipinski definition) is 1. The molecule has 0 saturated carbocycles. The Morgan fingerprint density at radius 2 is 1.73 bits per heavy atom. The van der Waals surface area contributed by atoms with Gasteiger partial charge in [-0.1, -0.05) is 36.4 Å². The number of sulfonamides is 1. The molecule has 0 bridgehead atoms. The molecule has 1 aliphatic heterocycles. The number of carbonyl (C=O) groups is 1. The first-order chi connectivity index (χ1) is 15.7. The second-order valence-electron chi connectivity index (χ2n) is 8.64. The van der Waals surface area contributed by atoms with E-state index in [0.29, 0.717) is 18.7 Å². The van der Waals surface area contributed by atoms with Crippen LogP contribution in [0.3, 0.4) is 0 Å². The normalized spacial score (nSPS) is 14.8. The molecule has 0 unspecified atom stereocenters. The summed E-state index contributed by atoms with van der Waals surface area (Å²) in [5.41, 5.74) is 4.94. The van der Waals surface area contributed by atoms with Crippen LogP contribution in [-0.2, 0) is 32.6 Å². The molecule has 0 spiro atoms. The molecule has 1 aliphatic rings. The molecule has 1 heterocycles. The van der Waals surface area contributed by atoms with Gasteiger partial charge in [-0.2, -0.15) is 0 Å². The van der Waals surface area contributed by atoms with Crippen molar-refractivity contribution in [2.24, 2.45) is 0 Å². The van der Waals surface area contributed by atoms with E-state index >= 15 is 0 Å². The van der Waals surface area contributed by atoms with Gasteiger partial charge in [0, 0.05) is 39.1 Å². The van der Waals surface area contributed by atoms with Crippen LogP contribution in [0.4, 0.5) is 5.69 Å². The number of nitrogens with one attached hydrogen (secondary N) is 1. The lowest BCUT2D eigenvalue weighted by molar-refractivity contribution is -0.121. The van der Waals surface area contributed by atoms with Gasteiger partial charge in [0.2, 0.25) is 15.9 Å². The minimum absolute atomic E-state index is 0.0817. The molecule has 0 aliphatic carbocycles. The summed E-state index contributed by atoms with van der Waals surface area (Å²) in [4.78, 5) is 14.7. The summed E-state index contributed by atoms with van der Waals surface area (Å²) in [7, 11) is -3.43. The number of hydrogen-bond acceptors (Lipinski definition) is 5. The van der Waals surface area contributed by atoms with Crippen LogP contribution in [0.5, 0.6) is 0 Å². The van der Waals surface area contributed by atoms with Gasteiger partial charge in [-0.15, -0.1) is 0 Å². The number of carbonyl (C=O) groups excluding carboxylic acids is 1. The highest BCUT2D eigenvalue weighted by atomic mass is 32.2. The minimum Gasteiger partial charge on any atom is -0.379 e. The van der Waals surface area contributed by atoms with E-state index in [-0.39, 0.29) is 18.9 Å². The summed E-state index contributed by atoms with van der Waals surface area (Å²) in [6.07, 6.45) is 1.92. The molecular weight excluding hydrogens is 438 g/mol. The molecule has 0 atom stereocenters. The van der Waals surface area contributed by atoms with Crippen molar-refractivity contribution in [3.63, 3.8) is 0 Å². The van der Waals surface area contributed by atoms with Gasteiger partial charge in [0.25, 0.3) is 0 Å². The van der Waals surface area contributed by atoms with E-state index in [9.17, 15) is 13.2 Å². The fourth-order valence-corrected chi connectivity index (χ4v) is 4.94. The molecule has 3 rings (SSSR count). The lowest BCUT2D eigenvalue weighted by atomic mass is 10.1. The Hall–Kier alpha value is -2.42. The number of morpholine rings is 1. The number of benzene rings is 2. The smallest absolute Gasteiger partial charge is 0.232 e. The van der Waals surface area contributed by atoms with Gasteiger partial charge >= 0.3 is 0 Å². The highest BCUT2D eigenvalue weighted by molar-refractivity contribution is 7.92. The number of aryl methyl sites for hydroxylation is 1. The van der Waals surface area contributed by atoms with Crippen LogP contribution in [0.2, 0.25) is 0 Å². The summed E-state index contributed by atoms with van der Waals surface area (Å²) in [6, 6.07) is 13.9. The van der Waals surface area contributed by atoms with Crippen molar-refractivity contribution >= 4 is 21.6 Å². The van der Waals surface area contributed by atoms with Gasteiger partial charge < -0.3 is 10.1 Å². The van der Waals surface area contributed by atoms with E-state index in [1.54, 1.807) is 0 Å². The van der Waals surface area contributed by atoms with Crippen LogP contribution in [0.1, 0.15) is 35.1 Å². The first-order valence-electron chi connectivity index (χ1n) is 11.4. The molecule has 2 aromatic carbocycles. The van der Waals surface area contributed by atoms with E-state index in [2.05, 4.69) is 22.3 Å². The highest BCUT2D eigenvalue weighted by Crippen LogP contribution is 2.25. The molecule has 180 valence electrons. The third-order valence-electron chi connectivity index (χ3n) is 6.03. The molecule has 1 saturated heterocycles. The standard InChI is InChI=1S/C25H35N3O4S/c1-20-6-4-7-24(21(20)2)28(33(3,30)31)13-5-8-25(29)26-18-22-9-11-23(12-10-22)19-27-14-16-32-17-15-27/h4,6-7,9-12H,5,8,13-19H2,1-3H3,(H,26,29). The number of anilines is 1. The van der Waals surface area contributed by atoms with Crippen molar-refractivity contribution in [1.82, 2.24) is 10.2 Å². The zero-order chi connectivity index (χ0) is 23.8. The summed E-state index contributed by atoms with van der Waals surface area (Å²) in [5.74, 6) is -0.0817. The Balaban J connectivity index is 1.46. The SMILES string of the molecule is Cc1cccc(N(CCCC(=O)NCc2ccc(CN3CCOCC3)cc2)S(C)(=O)=O)c1C. The van der Waals surface area contributed by atoms with Gasteiger partial charge in [-0.25, -0.2) is 8.42 Å². The van der Waals surface area contributed by atoms with E-state index in [1.165, 1.54) is 16.1 Å². The number of ether oxygens (including phenoxy) is 1. The Labute approximate surface area is 197 Å². The van der Waals surface area contributed by atoms with Crippen molar-refractivity contribution < 1.29 is 17.9 Å². The molecule has 8 heteroatoms. The maximum atomic E-state index is 12.4. The Morgan fingerprint density at radius 3 is 2.39 bits per heavy atom. The summed E-state index contributed by atoms with van der Waals surface area (Å²) in [6.45, 7) is 9.01. The van der Waals surface area contributed by atoms with E-state index in [4.69, 9.17) is 4.74 Å². The van der Waals surface area contributed by atoms with Crippen LogP contribution in [0.15, 0.2) is 42.5 Å². The Morgan fingerprint density at radius 1 is 1.06 bits per heavy atom. The zero-order valence-electron chi connectivity index (χ0n) is 19.8. The van der Waals surface area contributed by atoms with Gasteiger partial charge in [-0.05, 0) is 48.6 Å². The average Bonchev–Trinajstić information content (AvgIpc) is 2.78. The molecule has 1 amide bonds. The maximum absolute atomic E-state index is 12.4. The van der Waals surface area contributed by atoms with Gasteiger partial charge in [0.05, 0.1) is 25.2 Å². The average molecular weight is 474 g/mol. The second-order valence-corrected chi connectivity index (χ2v) is 10.5. The van der Waals surface area contributed by atoms with Gasteiger partial charge in [0.15, 0.2) is 0 Å². The van der Waals surface area contributed by atoms with Crippen molar-refractivity contribution in [2.45, 2.75) is 39.8 Å². The fraction of sp³-hybridized carbons (Fsp3) is 0.480. The minimum atomic E-state index is -3.43. The van der Waals surface area contributed by atoms with Crippen LogP contribution >= 0.6 is 0 Å². The molecule has 1 fully saturated rings. The zero-order valence-corrected chi connectivity index (χ0v) is 20.7. The van der Waals surface area contributed by atoms with Gasteiger partial charge in [0.1, 0.15) is 0 Å². The number of rotatable bonds is 10. The lowest BCUT2D eigenvalue weighted by Crippen LogP contribution is -2.35. The van der Waals surface area contributed by atoms with Crippen molar-refractivity contribution in [3.05, 3.63) is 64.7 Å². The van der Waals surface area contributed by atoms with Crippen LogP contribution < -0.4 is 9.62 Å². The predicted octanol–water partition coefficient (Wildman–Crippen LogP) is 3.00. The van der Waals surface area contributed by atoms with Crippen molar-refractivity contribution in [3.8, 4) is 0 Å². The summed E-state index contributed by atoms with van der Waals surface area (Å²) in [5, 5.41) is 2.94. The van der Waals surface area contributed by atoms with E-state index < -0.39 is 10.0 Å². The molecule has 0 radical (unpaired) electrons. The number of nitrogens with zero attached hydrogens (tertiary/aromatic N) is 2. The van der Waals surface area contributed by atoms with Crippen molar-refractivity contribution in [2.75, 3.05) is 43.4 Å². The predicted molar refractivity (Wildman–Crippen MR) is 132 cm³/mol. The Kier molecular flexibility index (Phi) is 8.88. The first-order valence-corrected chi connectivity index (χ1v) is 13.3. The quantitative estimate of drug-likeness (QED) is 0.574. The van der Waals surface area contributed by atoms with Crippen molar-refractivity contribution in [1.29, 1.82) is 0 Å². The second kappa shape index (κ2) is 11.6. The van der Waals surface area contributed by atoms with Crippen LogP contribution in [0.25, 0.3) is 0 Å². The van der Waals surface area contributed by atoms with Gasteiger partial charge in [-0.3, -0.25) is 14.0 Å². The topological polar surface area (TPSA) is 79.0 Å². The fourth-order valence-electron chi connectivity index (χ4n) is 3.92. The van der Waals surface area contributed by atoms with Crippen LogP contribution in [-0.4, -0.2) is 58.3 Å². The lowest BCUT2D eigenvalue weighted by Gasteiger charge is -2.26. The third kappa shape index (κ3) is 7.55. The molecule has 7 nitrogen and oxygen atoms in total. The molecule has 33 heavy (non-hydrogen) atoms. The molecule has 0 aromatic heterocycles.